The molecule has 0 aliphatic carbocycles. The van der Waals surface area contributed by atoms with Crippen LogP contribution in [0.25, 0.3) is 0 Å². The summed E-state index contributed by atoms with van der Waals surface area (Å²) in [7, 11) is 0. The second-order valence-corrected chi connectivity index (χ2v) is 4.57. The third-order valence-electron chi connectivity index (χ3n) is 3.36. The van der Waals surface area contributed by atoms with E-state index in [9.17, 15) is 4.39 Å². The van der Waals surface area contributed by atoms with E-state index in [1.807, 2.05) is 12.1 Å². The summed E-state index contributed by atoms with van der Waals surface area (Å²) >= 11 is 0. The molecule has 0 radical (unpaired) electrons. The van der Waals surface area contributed by atoms with Crippen LogP contribution in [0.4, 0.5) is 10.1 Å². The van der Waals surface area contributed by atoms with E-state index in [-0.39, 0.29) is 5.56 Å². The molecular weight excluding hydrogens is 229 g/mol. The zero-order valence-corrected chi connectivity index (χ0v) is 10.7. The lowest BCUT2D eigenvalue weighted by Gasteiger charge is -2.36. The first-order chi connectivity index (χ1) is 8.76. The van der Waals surface area contributed by atoms with Crippen molar-refractivity contribution < 1.29 is 4.39 Å². The molecule has 18 heavy (non-hydrogen) atoms. The topological polar surface area (TPSA) is 30.3 Å². The van der Waals surface area contributed by atoms with Crippen LogP contribution in [0.5, 0.6) is 0 Å². The second-order valence-electron chi connectivity index (χ2n) is 4.57. The Balaban J connectivity index is 2.10. The third-order valence-corrected chi connectivity index (χ3v) is 3.36. The highest BCUT2D eigenvalue weighted by atomic mass is 19.1. The minimum atomic E-state index is -0.425. The Labute approximate surface area is 107 Å². The van der Waals surface area contributed by atoms with Gasteiger partial charge in [0, 0.05) is 26.2 Å². The molecule has 0 atom stereocenters. The first kappa shape index (κ1) is 12.8. The highest BCUT2D eigenvalue weighted by molar-refractivity contribution is 5.60. The molecule has 1 aromatic rings. The molecule has 4 heteroatoms. The lowest BCUT2D eigenvalue weighted by Crippen LogP contribution is -2.46. The molecule has 3 nitrogen and oxygen atoms in total. The van der Waals surface area contributed by atoms with Crippen molar-refractivity contribution in [2.24, 2.45) is 0 Å². The Morgan fingerprint density at radius 3 is 2.61 bits per heavy atom. The van der Waals surface area contributed by atoms with Crippen LogP contribution in [0.3, 0.4) is 0 Å². The van der Waals surface area contributed by atoms with Gasteiger partial charge >= 0.3 is 0 Å². The zero-order chi connectivity index (χ0) is 13.0. The maximum absolute atomic E-state index is 13.5. The van der Waals surface area contributed by atoms with E-state index in [4.69, 9.17) is 5.26 Å². The standard InChI is InChI=1S/C14H18FN3/c1-2-6-17-7-9-18(10-8-17)14-5-3-4-13(15)12(14)11-16/h3-5H,2,6-10H2,1H3. The fourth-order valence-corrected chi connectivity index (χ4v) is 2.42. The molecule has 1 aromatic carbocycles. The summed E-state index contributed by atoms with van der Waals surface area (Å²) in [5.41, 5.74) is 0.898. The quantitative estimate of drug-likeness (QED) is 0.820. The molecule has 0 spiro atoms. The van der Waals surface area contributed by atoms with Gasteiger partial charge in [-0.25, -0.2) is 4.39 Å². The van der Waals surface area contributed by atoms with Gasteiger partial charge in [-0.3, -0.25) is 4.90 Å². The smallest absolute Gasteiger partial charge is 0.143 e. The molecule has 0 amide bonds. The van der Waals surface area contributed by atoms with Crippen LogP contribution in [0.2, 0.25) is 0 Å². The van der Waals surface area contributed by atoms with E-state index < -0.39 is 5.82 Å². The van der Waals surface area contributed by atoms with E-state index >= 15 is 0 Å². The highest BCUT2D eigenvalue weighted by Crippen LogP contribution is 2.23. The molecular formula is C14H18FN3. The summed E-state index contributed by atoms with van der Waals surface area (Å²) < 4.78 is 13.5. The predicted octanol–water partition coefficient (Wildman–Crippen LogP) is 2.23. The summed E-state index contributed by atoms with van der Waals surface area (Å²) in [5.74, 6) is -0.425. The molecule has 1 fully saturated rings. The summed E-state index contributed by atoms with van der Waals surface area (Å²) in [6.45, 7) is 6.97. The number of halogens is 1. The van der Waals surface area contributed by atoms with Gasteiger partial charge in [-0.1, -0.05) is 13.0 Å². The summed E-state index contributed by atoms with van der Waals surface area (Å²) in [6.07, 6.45) is 1.16. The van der Waals surface area contributed by atoms with Gasteiger partial charge in [0.1, 0.15) is 17.4 Å². The molecule has 96 valence electrons. The van der Waals surface area contributed by atoms with Gasteiger partial charge in [-0.05, 0) is 25.1 Å². The Bertz CT molecular complexity index is 445. The number of hydrogen-bond donors (Lipinski definition) is 0. The van der Waals surface area contributed by atoms with Crippen molar-refractivity contribution in [2.75, 3.05) is 37.6 Å². The fraction of sp³-hybridized carbons (Fsp3) is 0.500. The van der Waals surface area contributed by atoms with Crippen LogP contribution < -0.4 is 4.90 Å². The average molecular weight is 247 g/mol. The molecule has 1 heterocycles. The minimum absolute atomic E-state index is 0.168. The zero-order valence-electron chi connectivity index (χ0n) is 10.7. The number of rotatable bonds is 3. The Hall–Kier alpha value is -1.60. The van der Waals surface area contributed by atoms with E-state index in [0.717, 1.165) is 44.8 Å². The largest absolute Gasteiger partial charge is 0.368 e. The monoisotopic (exact) mass is 247 g/mol. The van der Waals surface area contributed by atoms with Gasteiger partial charge in [-0.15, -0.1) is 0 Å². The number of hydrogen-bond acceptors (Lipinski definition) is 3. The maximum Gasteiger partial charge on any atom is 0.143 e. The van der Waals surface area contributed by atoms with Crippen LogP contribution in [-0.4, -0.2) is 37.6 Å². The molecule has 0 aromatic heterocycles. The first-order valence-corrected chi connectivity index (χ1v) is 6.42. The fourth-order valence-electron chi connectivity index (χ4n) is 2.42. The Morgan fingerprint density at radius 2 is 2.00 bits per heavy atom. The van der Waals surface area contributed by atoms with Gasteiger partial charge in [0.25, 0.3) is 0 Å². The van der Waals surface area contributed by atoms with Crippen LogP contribution >= 0.6 is 0 Å². The van der Waals surface area contributed by atoms with Crippen molar-refractivity contribution in [3.8, 4) is 6.07 Å². The molecule has 1 aliphatic heterocycles. The summed E-state index contributed by atoms with van der Waals surface area (Å²) in [6, 6.07) is 6.81. The number of benzene rings is 1. The Morgan fingerprint density at radius 1 is 1.28 bits per heavy atom. The summed E-state index contributed by atoms with van der Waals surface area (Å²) in [4.78, 5) is 4.51. The molecule has 0 saturated carbocycles. The average Bonchev–Trinajstić information content (AvgIpc) is 2.40. The normalized spacial score (nSPS) is 16.6. The van der Waals surface area contributed by atoms with Crippen molar-refractivity contribution in [1.82, 2.24) is 4.90 Å². The van der Waals surface area contributed by atoms with Gasteiger partial charge < -0.3 is 4.90 Å². The van der Waals surface area contributed by atoms with Crippen LogP contribution in [0, 0.1) is 17.1 Å². The Kier molecular flexibility index (Phi) is 4.16. The van der Waals surface area contributed by atoms with Crippen molar-refractivity contribution in [1.29, 1.82) is 5.26 Å². The van der Waals surface area contributed by atoms with Crippen LogP contribution in [-0.2, 0) is 0 Å². The number of anilines is 1. The number of piperazine rings is 1. The van der Waals surface area contributed by atoms with Crippen LogP contribution in [0.15, 0.2) is 18.2 Å². The molecule has 2 rings (SSSR count). The molecule has 0 N–H and O–H groups in total. The third kappa shape index (κ3) is 2.62. The molecule has 0 bridgehead atoms. The lowest BCUT2D eigenvalue weighted by atomic mass is 10.1. The number of nitriles is 1. The minimum Gasteiger partial charge on any atom is -0.368 e. The summed E-state index contributed by atoms with van der Waals surface area (Å²) in [5, 5.41) is 9.04. The van der Waals surface area contributed by atoms with Crippen molar-refractivity contribution >= 4 is 5.69 Å². The molecule has 0 unspecified atom stereocenters. The van der Waals surface area contributed by atoms with E-state index in [1.165, 1.54) is 6.07 Å². The van der Waals surface area contributed by atoms with Gasteiger partial charge in [0.2, 0.25) is 0 Å². The lowest BCUT2D eigenvalue weighted by molar-refractivity contribution is 0.258. The second kappa shape index (κ2) is 5.83. The van der Waals surface area contributed by atoms with Gasteiger partial charge in [0.05, 0.1) is 5.69 Å². The van der Waals surface area contributed by atoms with E-state index in [2.05, 4.69) is 16.7 Å². The number of nitrogens with zero attached hydrogens (tertiary/aromatic N) is 3. The maximum atomic E-state index is 13.5. The van der Waals surface area contributed by atoms with E-state index in [1.54, 1.807) is 6.07 Å². The van der Waals surface area contributed by atoms with Crippen molar-refractivity contribution in [3.05, 3.63) is 29.6 Å². The van der Waals surface area contributed by atoms with Gasteiger partial charge in [-0.2, -0.15) is 5.26 Å². The highest BCUT2D eigenvalue weighted by Gasteiger charge is 2.19. The predicted molar refractivity (Wildman–Crippen MR) is 70.1 cm³/mol. The van der Waals surface area contributed by atoms with Gasteiger partial charge in [0.15, 0.2) is 0 Å². The van der Waals surface area contributed by atoms with Crippen molar-refractivity contribution in [2.45, 2.75) is 13.3 Å². The SMILES string of the molecule is CCCN1CCN(c2cccc(F)c2C#N)CC1. The first-order valence-electron chi connectivity index (χ1n) is 6.42. The molecule has 1 saturated heterocycles. The van der Waals surface area contributed by atoms with Crippen molar-refractivity contribution in [3.63, 3.8) is 0 Å². The molecule has 1 aliphatic rings. The van der Waals surface area contributed by atoms with E-state index in [0.29, 0.717) is 0 Å². The van der Waals surface area contributed by atoms with Crippen LogP contribution in [0.1, 0.15) is 18.9 Å².